The van der Waals surface area contributed by atoms with Gasteiger partial charge in [-0.2, -0.15) is 0 Å². The molecule has 0 radical (unpaired) electrons. The van der Waals surface area contributed by atoms with Gasteiger partial charge >= 0.3 is 5.63 Å². The molecule has 0 aliphatic heterocycles. The molecule has 0 spiro atoms. The summed E-state index contributed by atoms with van der Waals surface area (Å²) < 4.78 is 15.9. The van der Waals surface area contributed by atoms with Crippen molar-refractivity contribution < 1.29 is 18.7 Å². The van der Waals surface area contributed by atoms with Crippen molar-refractivity contribution in [2.75, 3.05) is 19.0 Å². The normalized spacial score (nSPS) is 10.6. The van der Waals surface area contributed by atoms with Gasteiger partial charge in [0.1, 0.15) is 17.1 Å². The molecular formula is C20H18ClNO5. The van der Waals surface area contributed by atoms with E-state index >= 15 is 0 Å². The molecule has 0 unspecified atom stereocenters. The zero-order valence-electron chi connectivity index (χ0n) is 14.9. The van der Waals surface area contributed by atoms with Gasteiger partial charge in [0, 0.05) is 22.5 Å². The number of methoxy groups -OCH3 is 1. The summed E-state index contributed by atoms with van der Waals surface area (Å²) in [6.07, 6.45) is 0.714. The molecule has 0 atom stereocenters. The number of rotatable bonds is 6. The largest absolute Gasteiger partial charge is 0.495 e. The van der Waals surface area contributed by atoms with Crippen LogP contribution in [0, 0.1) is 0 Å². The van der Waals surface area contributed by atoms with Crippen molar-refractivity contribution in [1.82, 2.24) is 0 Å². The summed E-state index contributed by atoms with van der Waals surface area (Å²) in [5, 5.41) is 4.01. The predicted octanol–water partition coefficient (Wildman–Crippen LogP) is 4.03. The lowest BCUT2D eigenvalue weighted by Crippen LogP contribution is -2.20. The standard InChI is InChI=1S/C20H18ClNO5/c1-3-12-8-20(24)27-18-10-14(5-6-15(12)18)26-11-19(23)22-16-9-13(21)4-7-17(16)25-2/h4-10H,3,11H2,1-2H3,(H,22,23). The van der Waals surface area contributed by atoms with Crippen LogP contribution in [0.15, 0.2) is 51.7 Å². The number of ether oxygens (including phenoxy) is 2. The van der Waals surface area contributed by atoms with Crippen LogP contribution in [-0.4, -0.2) is 19.6 Å². The Morgan fingerprint density at radius 3 is 2.74 bits per heavy atom. The van der Waals surface area contributed by atoms with Crippen molar-refractivity contribution in [2.24, 2.45) is 0 Å². The number of carbonyl (C=O) groups is 1. The molecule has 0 saturated carbocycles. The van der Waals surface area contributed by atoms with Crippen LogP contribution in [0.3, 0.4) is 0 Å². The first-order valence-corrected chi connectivity index (χ1v) is 8.71. The maximum Gasteiger partial charge on any atom is 0.336 e. The molecule has 0 aliphatic rings. The fourth-order valence-corrected chi connectivity index (χ4v) is 2.88. The molecule has 27 heavy (non-hydrogen) atoms. The van der Waals surface area contributed by atoms with E-state index in [0.29, 0.717) is 34.2 Å². The highest BCUT2D eigenvalue weighted by atomic mass is 35.5. The van der Waals surface area contributed by atoms with Gasteiger partial charge in [0.05, 0.1) is 12.8 Å². The number of nitrogens with one attached hydrogen (secondary N) is 1. The second kappa shape index (κ2) is 8.14. The average molecular weight is 388 g/mol. The van der Waals surface area contributed by atoms with E-state index in [2.05, 4.69) is 5.32 Å². The third kappa shape index (κ3) is 4.41. The van der Waals surface area contributed by atoms with E-state index < -0.39 is 5.63 Å². The van der Waals surface area contributed by atoms with E-state index in [4.69, 9.17) is 25.5 Å². The number of fused-ring (bicyclic) bond motifs is 1. The minimum absolute atomic E-state index is 0.223. The van der Waals surface area contributed by atoms with Crippen LogP contribution >= 0.6 is 11.6 Å². The van der Waals surface area contributed by atoms with E-state index in [9.17, 15) is 9.59 Å². The van der Waals surface area contributed by atoms with Crippen LogP contribution in [-0.2, 0) is 11.2 Å². The summed E-state index contributed by atoms with van der Waals surface area (Å²) in [5.74, 6) is 0.541. The third-order valence-corrected chi connectivity index (χ3v) is 4.22. The van der Waals surface area contributed by atoms with Crippen LogP contribution in [0.4, 0.5) is 5.69 Å². The molecule has 140 valence electrons. The van der Waals surface area contributed by atoms with E-state index in [0.717, 1.165) is 10.9 Å². The van der Waals surface area contributed by atoms with Gasteiger partial charge in [-0.1, -0.05) is 18.5 Å². The highest BCUT2D eigenvalue weighted by molar-refractivity contribution is 6.31. The summed E-state index contributed by atoms with van der Waals surface area (Å²) in [4.78, 5) is 23.8. The van der Waals surface area contributed by atoms with Crippen LogP contribution in [0.5, 0.6) is 11.5 Å². The summed E-state index contributed by atoms with van der Waals surface area (Å²) in [7, 11) is 1.50. The van der Waals surface area contributed by atoms with Gasteiger partial charge in [0.25, 0.3) is 5.91 Å². The molecule has 3 aromatic rings. The number of aryl methyl sites for hydroxylation is 1. The Kier molecular flexibility index (Phi) is 5.66. The first-order chi connectivity index (χ1) is 13.0. The first-order valence-electron chi connectivity index (χ1n) is 8.33. The van der Waals surface area contributed by atoms with Gasteiger partial charge in [-0.3, -0.25) is 4.79 Å². The smallest absolute Gasteiger partial charge is 0.336 e. The second-order valence-corrected chi connectivity index (χ2v) is 6.22. The number of hydrogen-bond donors (Lipinski definition) is 1. The van der Waals surface area contributed by atoms with Gasteiger partial charge in [0.2, 0.25) is 0 Å². The highest BCUT2D eigenvalue weighted by Gasteiger charge is 2.10. The number of benzene rings is 2. The maximum atomic E-state index is 12.2. The summed E-state index contributed by atoms with van der Waals surface area (Å²) >= 11 is 5.95. The Balaban J connectivity index is 1.72. The topological polar surface area (TPSA) is 77.8 Å². The molecule has 3 rings (SSSR count). The number of carbonyl (C=O) groups excluding carboxylic acids is 1. The van der Waals surface area contributed by atoms with Gasteiger partial charge in [-0.25, -0.2) is 4.79 Å². The Hall–Kier alpha value is -2.99. The molecular weight excluding hydrogens is 370 g/mol. The van der Waals surface area contributed by atoms with Crippen LogP contribution in [0.2, 0.25) is 5.02 Å². The van der Waals surface area contributed by atoms with Crippen LogP contribution in [0.25, 0.3) is 11.0 Å². The predicted molar refractivity (Wildman–Crippen MR) is 104 cm³/mol. The Bertz CT molecular complexity index is 1040. The maximum absolute atomic E-state index is 12.2. The van der Waals surface area contributed by atoms with Crippen LogP contribution in [0.1, 0.15) is 12.5 Å². The zero-order valence-corrected chi connectivity index (χ0v) is 15.6. The molecule has 0 saturated heterocycles. The molecule has 0 aliphatic carbocycles. The Morgan fingerprint density at radius 1 is 1.19 bits per heavy atom. The fourth-order valence-electron chi connectivity index (χ4n) is 2.71. The minimum Gasteiger partial charge on any atom is -0.495 e. The van der Waals surface area contributed by atoms with Crippen molar-refractivity contribution in [1.29, 1.82) is 0 Å². The average Bonchev–Trinajstić information content (AvgIpc) is 2.65. The quantitative estimate of drug-likeness (QED) is 0.646. The Morgan fingerprint density at radius 2 is 2.00 bits per heavy atom. The molecule has 2 aromatic carbocycles. The van der Waals surface area contributed by atoms with Crippen molar-refractivity contribution in [3.05, 3.63) is 63.5 Å². The van der Waals surface area contributed by atoms with E-state index in [1.807, 2.05) is 13.0 Å². The lowest BCUT2D eigenvalue weighted by molar-refractivity contribution is -0.118. The number of hydrogen-bond acceptors (Lipinski definition) is 5. The first kappa shape index (κ1) is 18.8. The van der Waals surface area contributed by atoms with E-state index in [-0.39, 0.29) is 12.5 Å². The highest BCUT2D eigenvalue weighted by Crippen LogP contribution is 2.28. The van der Waals surface area contributed by atoms with Gasteiger partial charge in [0.15, 0.2) is 6.61 Å². The fraction of sp³-hybridized carbons (Fsp3) is 0.200. The Labute approximate surface area is 160 Å². The third-order valence-electron chi connectivity index (χ3n) is 3.99. The number of halogens is 1. The van der Waals surface area contributed by atoms with Crippen molar-refractivity contribution in [3.63, 3.8) is 0 Å². The zero-order chi connectivity index (χ0) is 19.4. The van der Waals surface area contributed by atoms with Gasteiger partial charge in [-0.05, 0) is 42.3 Å². The molecule has 1 aromatic heterocycles. The molecule has 1 amide bonds. The molecule has 1 heterocycles. The van der Waals surface area contributed by atoms with E-state index in [1.54, 1.807) is 30.3 Å². The van der Waals surface area contributed by atoms with Crippen molar-refractivity contribution in [3.8, 4) is 11.5 Å². The number of amides is 1. The number of anilines is 1. The molecule has 6 nitrogen and oxygen atoms in total. The summed E-state index contributed by atoms with van der Waals surface area (Å²) in [6, 6.07) is 11.5. The van der Waals surface area contributed by atoms with E-state index in [1.165, 1.54) is 13.2 Å². The lowest BCUT2D eigenvalue weighted by atomic mass is 10.1. The monoisotopic (exact) mass is 387 g/mol. The molecule has 0 bridgehead atoms. The van der Waals surface area contributed by atoms with Crippen molar-refractivity contribution >= 4 is 34.2 Å². The SMILES string of the molecule is CCc1cc(=O)oc2cc(OCC(=O)Nc3cc(Cl)ccc3OC)ccc12. The lowest BCUT2D eigenvalue weighted by Gasteiger charge is -2.11. The van der Waals surface area contributed by atoms with Gasteiger partial charge < -0.3 is 19.2 Å². The van der Waals surface area contributed by atoms with Gasteiger partial charge in [-0.15, -0.1) is 0 Å². The van der Waals surface area contributed by atoms with Crippen molar-refractivity contribution in [2.45, 2.75) is 13.3 Å². The summed E-state index contributed by atoms with van der Waals surface area (Å²) in [6.45, 7) is 1.74. The second-order valence-electron chi connectivity index (χ2n) is 5.78. The molecule has 1 N–H and O–H groups in total. The summed E-state index contributed by atoms with van der Waals surface area (Å²) in [5.41, 5.74) is 1.37. The van der Waals surface area contributed by atoms with Crippen LogP contribution < -0.4 is 20.4 Å². The molecule has 7 heteroatoms. The molecule has 0 fully saturated rings. The minimum atomic E-state index is -0.415.